The Balaban J connectivity index is 1.77. The zero-order valence-corrected chi connectivity index (χ0v) is 9.46. The third-order valence-electron chi connectivity index (χ3n) is 3.80. The van der Waals surface area contributed by atoms with Crippen LogP contribution in [0.4, 0.5) is 0 Å². The van der Waals surface area contributed by atoms with Crippen LogP contribution in [0.1, 0.15) is 39.5 Å². The van der Waals surface area contributed by atoms with Gasteiger partial charge in [-0.05, 0) is 24.7 Å². The van der Waals surface area contributed by atoms with Gasteiger partial charge < -0.3 is 10.1 Å². The Morgan fingerprint density at radius 2 is 1.93 bits per heavy atom. The smallest absolute Gasteiger partial charge is 0.0728 e. The molecule has 1 saturated carbocycles. The van der Waals surface area contributed by atoms with Crippen molar-refractivity contribution in [2.75, 3.05) is 13.2 Å². The van der Waals surface area contributed by atoms with Gasteiger partial charge in [0, 0.05) is 12.6 Å². The lowest BCUT2D eigenvalue weighted by Gasteiger charge is -2.35. The predicted octanol–water partition coefficient (Wildman–Crippen LogP) is 2.19. The molecule has 2 aliphatic rings. The maximum atomic E-state index is 5.97. The molecule has 2 rings (SSSR count). The first-order valence-corrected chi connectivity index (χ1v) is 6.12. The predicted molar refractivity (Wildman–Crippen MR) is 58.3 cm³/mol. The molecule has 0 spiro atoms. The van der Waals surface area contributed by atoms with E-state index in [-0.39, 0.29) is 0 Å². The van der Waals surface area contributed by atoms with Crippen LogP contribution < -0.4 is 5.32 Å². The average Bonchev–Trinajstić information content (AvgIpc) is 2.71. The molecule has 82 valence electrons. The second kappa shape index (κ2) is 4.63. The van der Waals surface area contributed by atoms with E-state index in [9.17, 15) is 0 Å². The van der Waals surface area contributed by atoms with Crippen LogP contribution in [0.25, 0.3) is 0 Å². The van der Waals surface area contributed by atoms with Gasteiger partial charge in [0.15, 0.2) is 0 Å². The summed E-state index contributed by atoms with van der Waals surface area (Å²) < 4.78 is 5.97. The topological polar surface area (TPSA) is 21.3 Å². The van der Waals surface area contributed by atoms with E-state index in [1.54, 1.807) is 0 Å². The molecule has 1 aliphatic carbocycles. The number of morpholine rings is 1. The van der Waals surface area contributed by atoms with E-state index in [0.29, 0.717) is 18.1 Å². The van der Waals surface area contributed by atoms with Crippen molar-refractivity contribution in [2.45, 2.75) is 51.7 Å². The second-order valence-electron chi connectivity index (χ2n) is 5.18. The van der Waals surface area contributed by atoms with Gasteiger partial charge in [0.05, 0.1) is 12.7 Å². The molecular formula is C12H23NO. The molecule has 0 aromatic rings. The second-order valence-corrected chi connectivity index (χ2v) is 5.18. The molecule has 2 fully saturated rings. The number of hydrogen-bond acceptors (Lipinski definition) is 2. The zero-order chi connectivity index (χ0) is 9.97. The summed E-state index contributed by atoms with van der Waals surface area (Å²) in [6.45, 7) is 6.51. The molecule has 1 aliphatic heterocycles. The molecule has 2 atom stereocenters. The third kappa shape index (κ3) is 2.29. The minimum atomic E-state index is 0.507. The van der Waals surface area contributed by atoms with Gasteiger partial charge in [0.25, 0.3) is 0 Å². The van der Waals surface area contributed by atoms with Gasteiger partial charge in [-0.3, -0.25) is 0 Å². The highest BCUT2D eigenvalue weighted by Crippen LogP contribution is 2.30. The molecular weight excluding hydrogens is 174 g/mol. The van der Waals surface area contributed by atoms with Gasteiger partial charge in [-0.2, -0.15) is 0 Å². The normalized spacial score (nSPS) is 35.4. The van der Waals surface area contributed by atoms with E-state index < -0.39 is 0 Å². The quantitative estimate of drug-likeness (QED) is 0.732. The first-order valence-electron chi connectivity index (χ1n) is 6.12. The maximum Gasteiger partial charge on any atom is 0.0728 e. The standard InChI is InChI=1S/C12H23NO/c1-9(2)11-8-14-12(7-13-11)10-5-3-4-6-10/h9-13H,3-8H2,1-2H3. The first kappa shape index (κ1) is 10.4. The molecule has 14 heavy (non-hydrogen) atoms. The van der Waals surface area contributed by atoms with Gasteiger partial charge in [0.2, 0.25) is 0 Å². The van der Waals surface area contributed by atoms with Crippen molar-refractivity contribution >= 4 is 0 Å². The van der Waals surface area contributed by atoms with Crippen LogP contribution >= 0.6 is 0 Å². The van der Waals surface area contributed by atoms with Crippen LogP contribution in [0.3, 0.4) is 0 Å². The highest BCUT2D eigenvalue weighted by atomic mass is 16.5. The van der Waals surface area contributed by atoms with Crippen LogP contribution in [-0.2, 0) is 4.74 Å². The monoisotopic (exact) mass is 197 g/mol. The van der Waals surface area contributed by atoms with Gasteiger partial charge in [0.1, 0.15) is 0 Å². The van der Waals surface area contributed by atoms with Crippen LogP contribution in [0.15, 0.2) is 0 Å². The summed E-state index contributed by atoms with van der Waals surface area (Å²) in [4.78, 5) is 0. The third-order valence-corrected chi connectivity index (χ3v) is 3.80. The van der Waals surface area contributed by atoms with E-state index in [1.807, 2.05) is 0 Å². The summed E-state index contributed by atoms with van der Waals surface area (Å²) in [6, 6.07) is 0.577. The molecule has 0 aromatic heterocycles. The summed E-state index contributed by atoms with van der Waals surface area (Å²) in [6.07, 6.45) is 6.11. The van der Waals surface area contributed by atoms with Gasteiger partial charge in [-0.1, -0.05) is 26.7 Å². The first-order chi connectivity index (χ1) is 6.77. The van der Waals surface area contributed by atoms with Crippen LogP contribution in [0.2, 0.25) is 0 Å². The Labute approximate surface area is 87.4 Å². The van der Waals surface area contributed by atoms with E-state index in [4.69, 9.17) is 4.74 Å². The molecule has 0 aromatic carbocycles. The summed E-state index contributed by atoms with van der Waals surface area (Å²) in [5.74, 6) is 1.54. The fraction of sp³-hybridized carbons (Fsp3) is 1.00. The molecule has 1 heterocycles. The SMILES string of the molecule is CC(C)C1COC(C2CCCC2)CN1. The van der Waals surface area contributed by atoms with Crippen molar-refractivity contribution in [1.29, 1.82) is 0 Å². The lowest BCUT2D eigenvalue weighted by Crippen LogP contribution is -2.50. The van der Waals surface area contributed by atoms with E-state index in [2.05, 4.69) is 19.2 Å². The van der Waals surface area contributed by atoms with Crippen molar-refractivity contribution in [2.24, 2.45) is 11.8 Å². The molecule has 0 amide bonds. The Bertz CT molecular complexity index is 167. The lowest BCUT2D eigenvalue weighted by molar-refractivity contribution is -0.0356. The fourth-order valence-corrected chi connectivity index (χ4v) is 2.67. The van der Waals surface area contributed by atoms with Gasteiger partial charge in [-0.15, -0.1) is 0 Å². The van der Waals surface area contributed by atoms with Gasteiger partial charge >= 0.3 is 0 Å². The van der Waals surface area contributed by atoms with E-state index in [0.717, 1.165) is 19.1 Å². The molecule has 1 saturated heterocycles. The summed E-state index contributed by atoms with van der Waals surface area (Å²) in [5, 5.41) is 3.62. The molecule has 1 N–H and O–H groups in total. The highest BCUT2D eigenvalue weighted by molar-refractivity contribution is 4.84. The lowest BCUT2D eigenvalue weighted by atomic mass is 9.97. The number of ether oxygens (including phenoxy) is 1. The summed E-state index contributed by atoms with van der Waals surface area (Å²) in [5.41, 5.74) is 0. The minimum absolute atomic E-state index is 0.507. The van der Waals surface area contributed by atoms with Crippen molar-refractivity contribution in [1.82, 2.24) is 5.32 Å². The number of hydrogen-bond donors (Lipinski definition) is 1. The van der Waals surface area contributed by atoms with E-state index in [1.165, 1.54) is 25.7 Å². The Morgan fingerprint density at radius 1 is 1.21 bits per heavy atom. The number of rotatable bonds is 2. The van der Waals surface area contributed by atoms with Crippen molar-refractivity contribution < 1.29 is 4.74 Å². The maximum absolute atomic E-state index is 5.97. The fourth-order valence-electron chi connectivity index (χ4n) is 2.67. The number of nitrogens with one attached hydrogen (secondary N) is 1. The van der Waals surface area contributed by atoms with Crippen molar-refractivity contribution in [3.05, 3.63) is 0 Å². The molecule has 0 bridgehead atoms. The summed E-state index contributed by atoms with van der Waals surface area (Å²) in [7, 11) is 0. The minimum Gasteiger partial charge on any atom is -0.375 e. The molecule has 2 nitrogen and oxygen atoms in total. The average molecular weight is 197 g/mol. The zero-order valence-electron chi connectivity index (χ0n) is 9.46. The molecule has 2 heteroatoms. The van der Waals surface area contributed by atoms with Crippen LogP contribution in [0, 0.1) is 11.8 Å². The molecule has 0 radical (unpaired) electrons. The molecule has 2 unspecified atom stereocenters. The highest BCUT2D eigenvalue weighted by Gasteiger charge is 2.30. The van der Waals surface area contributed by atoms with Crippen molar-refractivity contribution in [3.8, 4) is 0 Å². The van der Waals surface area contributed by atoms with Gasteiger partial charge in [-0.25, -0.2) is 0 Å². The Morgan fingerprint density at radius 3 is 2.43 bits per heavy atom. The summed E-state index contributed by atoms with van der Waals surface area (Å²) >= 11 is 0. The van der Waals surface area contributed by atoms with Crippen molar-refractivity contribution in [3.63, 3.8) is 0 Å². The van der Waals surface area contributed by atoms with Crippen LogP contribution in [-0.4, -0.2) is 25.3 Å². The Hall–Kier alpha value is -0.0800. The van der Waals surface area contributed by atoms with E-state index >= 15 is 0 Å². The van der Waals surface area contributed by atoms with Crippen LogP contribution in [0.5, 0.6) is 0 Å². The Kier molecular flexibility index (Phi) is 3.45. The largest absolute Gasteiger partial charge is 0.375 e.